The Bertz CT molecular complexity index is 3160. The predicted octanol–water partition coefficient (Wildman–Crippen LogP) is 11.0. The molecule has 0 bridgehead atoms. The summed E-state index contributed by atoms with van der Waals surface area (Å²) in [6.45, 7) is 4.61. The second kappa shape index (κ2) is 16.0. The third-order valence-electron chi connectivity index (χ3n) is 14.4. The average molecular weight is 834 g/mol. The maximum absolute atomic E-state index is 6.91. The van der Waals surface area contributed by atoms with Crippen molar-refractivity contribution in [3.8, 4) is 23.1 Å². The minimum atomic E-state index is -0.532. The fourth-order valence-electron chi connectivity index (χ4n) is 11.1. The summed E-state index contributed by atoms with van der Waals surface area (Å²) in [4.78, 5) is 18.9. The quantitative estimate of drug-likeness (QED) is 0.188. The van der Waals surface area contributed by atoms with Gasteiger partial charge in [0, 0.05) is 80.6 Å². The van der Waals surface area contributed by atoms with Crippen molar-refractivity contribution in [2.75, 3.05) is 0 Å². The van der Waals surface area contributed by atoms with Crippen LogP contribution in [-0.4, -0.2) is 27.6 Å². The van der Waals surface area contributed by atoms with E-state index in [0.717, 1.165) is 94.2 Å². The Kier molecular flexibility index (Phi) is 9.66. The number of allylic oxidation sites excluding steroid dienone is 16. The first-order chi connectivity index (χ1) is 31.6. The van der Waals surface area contributed by atoms with E-state index in [2.05, 4.69) is 182 Å². The van der Waals surface area contributed by atoms with Crippen molar-refractivity contribution in [3.63, 3.8) is 0 Å². The van der Waals surface area contributed by atoms with Crippen molar-refractivity contribution in [2.24, 2.45) is 33.7 Å². The highest BCUT2D eigenvalue weighted by molar-refractivity contribution is 6.16. The molecule has 0 amide bonds. The molecule has 0 fully saturated rings. The number of amidine groups is 2. The Morgan fingerprint density at radius 3 is 2.52 bits per heavy atom. The van der Waals surface area contributed by atoms with E-state index in [1.54, 1.807) is 0 Å². The fourth-order valence-corrected chi connectivity index (χ4v) is 11.1. The molecule has 6 heteroatoms. The monoisotopic (exact) mass is 833 g/mol. The predicted molar refractivity (Wildman–Crippen MR) is 260 cm³/mol. The van der Waals surface area contributed by atoms with Gasteiger partial charge in [-0.1, -0.05) is 147 Å². The third kappa shape index (κ3) is 6.68. The topological polar surface area (TPSA) is 66.0 Å². The van der Waals surface area contributed by atoms with Crippen molar-refractivity contribution >= 4 is 34.8 Å². The van der Waals surface area contributed by atoms with Gasteiger partial charge in [-0.25, -0.2) is 9.98 Å². The summed E-state index contributed by atoms with van der Waals surface area (Å²) in [5, 5.41) is 5.94. The molecular formula is C58H51N5O. The van der Waals surface area contributed by atoms with Crippen LogP contribution in [0, 0.1) is 35.5 Å². The molecule has 1 N–H and O–H groups in total. The van der Waals surface area contributed by atoms with Gasteiger partial charge in [0.1, 0.15) is 22.7 Å². The lowest BCUT2D eigenvalue weighted by Gasteiger charge is -2.35. The maximum Gasteiger partial charge on any atom is 0.171 e. The number of nitrogens with zero attached hydrogens (tertiary/aromatic N) is 4. The van der Waals surface area contributed by atoms with Crippen LogP contribution < -0.4 is 16.0 Å². The van der Waals surface area contributed by atoms with E-state index in [-0.39, 0.29) is 17.9 Å². The average Bonchev–Trinajstić information content (AvgIpc) is 3.88. The molecule has 64 heavy (non-hydrogen) atoms. The summed E-state index contributed by atoms with van der Waals surface area (Å²) in [5.41, 5.74) is 13.5. The van der Waals surface area contributed by atoms with Gasteiger partial charge in [0.15, 0.2) is 6.17 Å². The molecule has 4 aromatic rings. The molecule has 12 rings (SSSR count). The van der Waals surface area contributed by atoms with Crippen molar-refractivity contribution in [3.05, 3.63) is 195 Å². The number of hydrogen-bond acceptors (Lipinski definition) is 6. The Balaban J connectivity index is 1.00. The number of pyridine rings is 1. The van der Waals surface area contributed by atoms with Crippen LogP contribution in [0.4, 0.5) is 0 Å². The standard InChI is InChI=1S/C58H51N5O/c1-36-17-12-13-25-43(36)57-60-56(39-21-8-4-9-22-39)61-58(62-57)50-31-41(45-27-15-14-26-44(45)38-19-6-3-7-20-38)35-59-54(50)40-29-30-46-49-33-48-47-28-16-18-37(2)55(47)63(42-23-10-5-11-24-42)51(48)34-53(49)64-52(46)32-40/h3-10,12-15,19,21-23,25-26,29-38,45,48,51,58H,11,17-18,20,24,27H2,1-2H3,(H,60,61,62). The summed E-state index contributed by atoms with van der Waals surface area (Å²) >= 11 is 0. The number of nitrogens with one attached hydrogen (secondary N) is 1. The van der Waals surface area contributed by atoms with Crippen molar-refractivity contribution in [2.45, 2.75) is 70.5 Å². The van der Waals surface area contributed by atoms with Crippen LogP contribution in [0.15, 0.2) is 182 Å². The molecule has 4 heterocycles. The van der Waals surface area contributed by atoms with Crippen molar-refractivity contribution in [1.29, 1.82) is 0 Å². The van der Waals surface area contributed by atoms with Gasteiger partial charge in [0.25, 0.3) is 0 Å². The molecule has 2 aromatic heterocycles. The van der Waals surface area contributed by atoms with E-state index in [1.807, 2.05) is 6.07 Å². The second-order valence-corrected chi connectivity index (χ2v) is 18.4. The molecule has 7 atom stereocenters. The largest absolute Gasteiger partial charge is 0.456 e. The van der Waals surface area contributed by atoms with Crippen LogP contribution in [0.1, 0.15) is 81.1 Å². The highest BCUT2D eigenvalue weighted by Crippen LogP contribution is 2.46. The molecule has 6 aliphatic carbocycles. The van der Waals surface area contributed by atoms with E-state index < -0.39 is 6.17 Å². The van der Waals surface area contributed by atoms with Crippen LogP contribution in [0.2, 0.25) is 0 Å². The number of rotatable bonds is 7. The van der Waals surface area contributed by atoms with Gasteiger partial charge in [-0.2, -0.15) is 0 Å². The highest BCUT2D eigenvalue weighted by Gasteiger charge is 2.43. The Morgan fingerprint density at radius 1 is 0.797 bits per heavy atom. The molecule has 8 aliphatic rings. The lowest BCUT2D eigenvalue weighted by atomic mass is 9.77. The molecule has 6 nitrogen and oxygen atoms in total. The number of aliphatic imine (C=N–C) groups is 2. The Hall–Kier alpha value is -6.97. The van der Waals surface area contributed by atoms with Crippen LogP contribution in [0.3, 0.4) is 0 Å². The summed E-state index contributed by atoms with van der Waals surface area (Å²) in [6.07, 6.45) is 41.4. The van der Waals surface area contributed by atoms with E-state index in [1.165, 1.54) is 33.7 Å². The van der Waals surface area contributed by atoms with Crippen molar-refractivity contribution < 1.29 is 4.42 Å². The molecule has 314 valence electrons. The number of furan rings is 1. The summed E-state index contributed by atoms with van der Waals surface area (Å²) < 4.78 is 6.91. The summed E-state index contributed by atoms with van der Waals surface area (Å²) in [5.74, 6) is 10.2. The number of benzene rings is 2. The van der Waals surface area contributed by atoms with Crippen LogP contribution >= 0.6 is 0 Å². The van der Waals surface area contributed by atoms with Gasteiger partial charge < -0.3 is 14.6 Å². The number of hydrogen-bond donors (Lipinski definition) is 1. The van der Waals surface area contributed by atoms with Crippen LogP contribution in [0.25, 0.3) is 34.4 Å². The molecule has 0 saturated heterocycles. The van der Waals surface area contributed by atoms with Gasteiger partial charge in [0.05, 0.1) is 11.7 Å². The normalized spacial score (nSPS) is 27.4. The molecule has 0 radical (unpaired) electrons. The first-order valence-electron chi connectivity index (χ1n) is 23.2. The summed E-state index contributed by atoms with van der Waals surface area (Å²) in [7, 11) is 0. The first kappa shape index (κ1) is 38.7. The van der Waals surface area contributed by atoms with Gasteiger partial charge in [-0.15, -0.1) is 0 Å². The molecule has 2 aliphatic heterocycles. The van der Waals surface area contributed by atoms with E-state index in [4.69, 9.17) is 19.4 Å². The molecule has 2 aromatic carbocycles. The molecular weight excluding hydrogens is 783 g/mol. The smallest absolute Gasteiger partial charge is 0.171 e. The Morgan fingerprint density at radius 2 is 1.66 bits per heavy atom. The minimum Gasteiger partial charge on any atom is -0.456 e. The van der Waals surface area contributed by atoms with Gasteiger partial charge in [0.2, 0.25) is 0 Å². The van der Waals surface area contributed by atoms with E-state index >= 15 is 0 Å². The highest BCUT2D eigenvalue weighted by atomic mass is 16.3. The van der Waals surface area contributed by atoms with Gasteiger partial charge in [-0.3, -0.25) is 4.98 Å². The molecule has 0 spiro atoms. The number of aromatic nitrogens is 1. The number of fused-ring (bicyclic) bond motifs is 5. The van der Waals surface area contributed by atoms with Gasteiger partial charge in [-0.05, 0) is 79.5 Å². The zero-order chi connectivity index (χ0) is 42.7. The zero-order valence-corrected chi connectivity index (χ0v) is 36.4. The summed E-state index contributed by atoms with van der Waals surface area (Å²) in [6, 6.07) is 19.6. The fraction of sp³-hybridized carbons (Fsp3) is 0.259. The third-order valence-corrected chi connectivity index (χ3v) is 14.4. The van der Waals surface area contributed by atoms with Crippen LogP contribution in [0.5, 0.6) is 0 Å². The first-order valence-corrected chi connectivity index (χ1v) is 23.2. The lowest BCUT2D eigenvalue weighted by molar-refractivity contribution is 0.337. The van der Waals surface area contributed by atoms with E-state index in [9.17, 15) is 0 Å². The van der Waals surface area contributed by atoms with Gasteiger partial charge >= 0.3 is 0 Å². The SMILES string of the molecule is CC1CC=CC=C1C1=NC(c2cc(C3CC=CC=C3C3C=CC=CC3)cnc2-c2ccc3c4c(oc3c2)=CC2C(C=4)C3=C(C(C)CC#C3)N2C2=CC=CCC2)N=C(c2ccccc2)N1. The van der Waals surface area contributed by atoms with Crippen LogP contribution in [-0.2, 0) is 0 Å². The zero-order valence-electron chi connectivity index (χ0n) is 36.4. The van der Waals surface area contributed by atoms with Crippen molar-refractivity contribution in [1.82, 2.24) is 15.2 Å². The molecule has 0 saturated carbocycles. The maximum atomic E-state index is 6.91. The second-order valence-electron chi connectivity index (χ2n) is 18.4. The minimum absolute atomic E-state index is 0.140. The Labute approximate surface area is 375 Å². The van der Waals surface area contributed by atoms with E-state index in [0.29, 0.717) is 17.8 Å². The lowest BCUT2D eigenvalue weighted by Crippen LogP contribution is -2.39. The molecule has 7 unspecified atom stereocenters.